The first-order chi connectivity index (χ1) is 19.3. The summed E-state index contributed by atoms with van der Waals surface area (Å²) in [5.74, 6) is -1.08. The van der Waals surface area contributed by atoms with Gasteiger partial charge in [0.25, 0.3) is 23.2 Å². The van der Waals surface area contributed by atoms with E-state index in [1.807, 2.05) is 13.0 Å². The van der Waals surface area contributed by atoms with Crippen LogP contribution in [0.3, 0.4) is 0 Å². The van der Waals surface area contributed by atoms with Crippen molar-refractivity contribution >= 4 is 34.6 Å². The Hall–Kier alpha value is -5.38. The SMILES string of the molecule is CC1CC(N(C(=O)c2ccccc2[N+](=O)[O-])c2ccccc2)c2ccccc2N1C(=O)c1ccccc1[N+](=O)[O-]. The van der Waals surface area contributed by atoms with Crippen LogP contribution in [0.15, 0.2) is 103 Å². The zero-order chi connectivity index (χ0) is 28.4. The van der Waals surface area contributed by atoms with E-state index in [4.69, 9.17) is 0 Å². The molecule has 40 heavy (non-hydrogen) atoms. The second-order valence-electron chi connectivity index (χ2n) is 9.39. The van der Waals surface area contributed by atoms with Gasteiger partial charge in [-0.25, -0.2) is 0 Å². The van der Waals surface area contributed by atoms with E-state index in [2.05, 4.69) is 0 Å². The van der Waals surface area contributed by atoms with Crippen LogP contribution in [0.1, 0.15) is 45.7 Å². The van der Waals surface area contributed by atoms with Crippen LogP contribution in [-0.4, -0.2) is 27.7 Å². The van der Waals surface area contributed by atoms with Crippen molar-refractivity contribution in [2.24, 2.45) is 0 Å². The van der Waals surface area contributed by atoms with Crippen LogP contribution < -0.4 is 9.80 Å². The minimum atomic E-state index is -0.587. The lowest BCUT2D eigenvalue weighted by Crippen LogP contribution is -2.48. The van der Waals surface area contributed by atoms with E-state index in [1.165, 1.54) is 46.2 Å². The number of anilines is 2. The average Bonchev–Trinajstić information content (AvgIpc) is 2.97. The molecule has 10 nitrogen and oxygen atoms in total. The molecule has 5 rings (SSSR count). The molecule has 2 amide bonds. The van der Waals surface area contributed by atoms with Gasteiger partial charge in [-0.2, -0.15) is 0 Å². The van der Waals surface area contributed by atoms with Crippen LogP contribution in [0.2, 0.25) is 0 Å². The summed E-state index contributed by atoms with van der Waals surface area (Å²) >= 11 is 0. The van der Waals surface area contributed by atoms with E-state index in [-0.39, 0.29) is 28.9 Å². The van der Waals surface area contributed by atoms with Crippen molar-refractivity contribution in [1.82, 2.24) is 0 Å². The predicted molar refractivity (Wildman–Crippen MR) is 150 cm³/mol. The molecule has 0 saturated carbocycles. The molecular formula is C30H24N4O6. The summed E-state index contributed by atoms with van der Waals surface area (Å²) in [6, 6.07) is 26.5. The Morgan fingerprint density at radius 3 is 1.93 bits per heavy atom. The van der Waals surface area contributed by atoms with Gasteiger partial charge in [-0.3, -0.25) is 29.8 Å². The van der Waals surface area contributed by atoms with E-state index in [9.17, 15) is 29.8 Å². The number of nitro groups is 2. The Balaban J connectivity index is 1.64. The molecule has 4 aromatic carbocycles. The highest BCUT2D eigenvalue weighted by molar-refractivity contribution is 6.11. The van der Waals surface area contributed by atoms with Gasteiger partial charge in [0.1, 0.15) is 11.1 Å². The molecule has 200 valence electrons. The van der Waals surface area contributed by atoms with E-state index >= 15 is 0 Å². The zero-order valence-electron chi connectivity index (χ0n) is 21.4. The molecule has 0 radical (unpaired) electrons. The van der Waals surface area contributed by atoms with E-state index < -0.39 is 33.7 Å². The van der Waals surface area contributed by atoms with Gasteiger partial charge in [-0.1, -0.05) is 60.7 Å². The molecule has 0 aromatic heterocycles. The van der Waals surface area contributed by atoms with Gasteiger partial charge in [0.2, 0.25) is 0 Å². The van der Waals surface area contributed by atoms with Gasteiger partial charge in [0.05, 0.1) is 15.9 Å². The van der Waals surface area contributed by atoms with Gasteiger partial charge in [0.15, 0.2) is 0 Å². The molecule has 0 N–H and O–H groups in total. The fourth-order valence-electron chi connectivity index (χ4n) is 5.25. The van der Waals surface area contributed by atoms with Gasteiger partial charge in [-0.15, -0.1) is 0 Å². The maximum atomic E-state index is 14.1. The molecule has 0 saturated heterocycles. The lowest BCUT2D eigenvalue weighted by atomic mass is 9.89. The monoisotopic (exact) mass is 536 g/mol. The number of carbonyl (C=O) groups is 2. The first kappa shape index (κ1) is 26.2. The largest absolute Gasteiger partial charge is 0.305 e. The first-order valence-corrected chi connectivity index (χ1v) is 12.6. The van der Waals surface area contributed by atoms with Crippen molar-refractivity contribution in [3.8, 4) is 0 Å². The van der Waals surface area contributed by atoms with Crippen LogP contribution in [0.25, 0.3) is 0 Å². The maximum Gasteiger partial charge on any atom is 0.282 e. The third-order valence-corrected chi connectivity index (χ3v) is 7.01. The molecular weight excluding hydrogens is 512 g/mol. The molecule has 2 unspecified atom stereocenters. The Kier molecular flexibility index (Phi) is 7.07. The number of fused-ring (bicyclic) bond motifs is 1. The molecule has 1 heterocycles. The Labute approximate surface area is 229 Å². The summed E-state index contributed by atoms with van der Waals surface area (Å²) in [5, 5.41) is 23.4. The van der Waals surface area contributed by atoms with E-state index in [0.29, 0.717) is 16.9 Å². The Morgan fingerprint density at radius 2 is 1.27 bits per heavy atom. The number of nitrogens with zero attached hydrogens (tertiary/aromatic N) is 4. The number of nitro benzene ring substituents is 2. The molecule has 0 aliphatic carbocycles. The van der Waals surface area contributed by atoms with Crippen molar-refractivity contribution in [3.05, 3.63) is 140 Å². The first-order valence-electron chi connectivity index (χ1n) is 12.6. The number of amides is 2. The zero-order valence-corrected chi connectivity index (χ0v) is 21.4. The van der Waals surface area contributed by atoms with Crippen LogP contribution in [0.4, 0.5) is 22.7 Å². The van der Waals surface area contributed by atoms with Crippen molar-refractivity contribution in [2.45, 2.75) is 25.4 Å². The van der Waals surface area contributed by atoms with Crippen molar-refractivity contribution < 1.29 is 19.4 Å². The highest BCUT2D eigenvalue weighted by atomic mass is 16.6. The summed E-state index contributed by atoms with van der Waals surface area (Å²) in [7, 11) is 0. The molecule has 0 fully saturated rings. The number of benzene rings is 4. The molecule has 10 heteroatoms. The average molecular weight is 537 g/mol. The number of hydrogen-bond donors (Lipinski definition) is 0. The maximum absolute atomic E-state index is 14.1. The summed E-state index contributed by atoms with van der Waals surface area (Å²) in [6.07, 6.45) is 0.282. The van der Waals surface area contributed by atoms with Crippen LogP contribution in [0, 0.1) is 20.2 Å². The van der Waals surface area contributed by atoms with Crippen LogP contribution >= 0.6 is 0 Å². The van der Waals surface area contributed by atoms with E-state index in [1.54, 1.807) is 60.7 Å². The lowest BCUT2D eigenvalue weighted by Gasteiger charge is -2.43. The molecule has 1 aliphatic rings. The second-order valence-corrected chi connectivity index (χ2v) is 9.39. The molecule has 0 bridgehead atoms. The van der Waals surface area contributed by atoms with Gasteiger partial charge in [-0.05, 0) is 49.2 Å². The second kappa shape index (κ2) is 10.8. The molecule has 4 aromatic rings. The number of carbonyl (C=O) groups excluding carboxylic acids is 2. The Bertz CT molecular complexity index is 1620. The quantitative estimate of drug-likeness (QED) is 0.209. The van der Waals surface area contributed by atoms with Gasteiger partial charge >= 0.3 is 0 Å². The van der Waals surface area contributed by atoms with Crippen molar-refractivity contribution in [3.63, 3.8) is 0 Å². The summed E-state index contributed by atoms with van der Waals surface area (Å²) in [6.45, 7) is 1.81. The summed E-state index contributed by atoms with van der Waals surface area (Å²) in [4.78, 5) is 53.2. The van der Waals surface area contributed by atoms with E-state index in [0.717, 1.165) is 0 Å². The predicted octanol–water partition coefficient (Wildman–Crippen LogP) is 6.33. The minimum absolute atomic E-state index is 0.0384. The highest BCUT2D eigenvalue weighted by Crippen LogP contribution is 2.44. The standard InChI is InChI=1S/C30H24N4O6/c1-20-19-28(32(21-11-3-2-4-12-21)30(36)24-15-7-10-18-27(24)34(39)40)22-13-5-8-16-25(22)31(20)29(35)23-14-6-9-17-26(23)33(37)38/h2-18,20,28H,19H2,1H3. The molecule has 2 atom stereocenters. The normalized spacial score (nSPS) is 16.1. The smallest absolute Gasteiger partial charge is 0.282 e. The van der Waals surface area contributed by atoms with Gasteiger partial charge in [0, 0.05) is 29.5 Å². The highest BCUT2D eigenvalue weighted by Gasteiger charge is 2.41. The molecule has 0 spiro atoms. The Morgan fingerprint density at radius 1 is 0.750 bits per heavy atom. The topological polar surface area (TPSA) is 127 Å². The summed E-state index contributed by atoms with van der Waals surface area (Å²) in [5.41, 5.74) is 0.990. The van der Waals surface area contributed by atoms with Crippen molar-refractivity contribution in [2.75, 3.05) is 9.80 Å². The minimum Gasteiger partial charge on any atom is -0.305 e. The van der Waals surface area contributed by atoms with Crippen LogP contribution in [0.5, 0.6) is 0 Å². The number of para-hydroxylation sites is 4. The lowest BCUT2D eigenvalue weighted by molar-refractivity contribution is -0.385. The third-order valence-electron chi connectivity index (χ3n) is 7.01. The fraction of sp³-hybridized carbons (Fsp3) is 0.133. The fourth-order valence-corrected chi connectivity index (χ4v) is 5.25. The van der Waals surface area contributed by atoms with Gasteiger partial charge < -0.3 is 9.80 Å². The third kappa shape index (κ3) is 4.66. The summed E-state index contributed by atoms with van der Waals surface area (Å²) < 4.78 is 0. The van der Waals surface area contributed by atoms with Crippen molar-refractivity contribution in [1.29, 1.82) is 0 Å². The number of hydrogen-bond acceptors (Lipinski definition) is 6. The number of rotatable bonds is 6. The van der Waals surface area contributed by atoms with Crippen LogP contribution in [-0.2, 0) is 0 Å². The molecule has 1 aliphatic heterocycles.